The van der Waals surface area contributed by atoms with Gasteiger partial charge in [0.15, 0.2) is 0 Å². The molecule has 0 amide bonds. The first-order chi connectivity index (χ1) is 10.3. The molecule has 0 bridgehead atoms. The quantitative estimate of drug-likeness (QED) is 0.794. The van der Waals surface area contributed by atoms with Gasteiger partial charge < -0.3 is 10.3 Å². The van der Waals surface area contributed by atoms with Crippen LogP contribution in [0.25, 0.3) is 22.8 Å². The van der Waals surface area contributed by atoms with Crippen molar-refractivity contribution in [2.24, 2.45) is 5.73 Å². The monoisotopic (exact) mass is 279 g/mol. The molecule has 4 heteroatoms. The van der Waals surface area contributed by atoms with Gasteiger partial charge in [0, 0.05) is 17.7 Å². The molecule has 3 rings (SSSR count). The van der Waals surface area contributed by atoms with E-state index in [1.807, 2.05) is 36.4 Å². The summed E-state index contributed by atoms with van der Waals surface area (Å²) in [6, 6.07) is 16.0. The van der Waals surface area contributed by atoms with Gasteiger partial charge in [-0.25, -0.2) is 0 Å². The summed E-state index contributed by atoms with van der Waals surface area (Å²) >= 11 is 0. The highest BCUT2D eigenvalue weighted by Crippen LogP contribution is 2.22. The van der Waals surface area contributed by atoms with Crippen LogP contribution in [-0.2, 0) is 13.0 Å². The van der Waals surface area contributed by atoms with E-state index in [-0.39, 0.29) is 0 Å². The summed E-state index contributed by atoms with van der Waals surface area (Å²) in [5.41, 5.74) is 9.82. The van der Waals surface area contributed by atoms with Crippen LogP contribution in [0.4, 0.5) is 0 Å². The van der Waals surface area contributed by atoms with E-state index in [4.69, 9.17) is 10.3 Å². The molecular weight excluding hydrogens is 262 g/mol. The molecule has 2 N–H and O–H groups in total. The lowest BCUT2D eigenvalue weighted by Gasteiger charge is -1.98. The van der Waals surface area contributed by atoms with Crippen LogP contribution in [0.5, 0.6) is 0 Å². The first-order valence-electron chi connectivity index (χ1n) is 7.02. The zero-order valence-corrected chi connectivity index (χ0v) is 11.9. The van der Waals surface area contributed by atoms with Crippen LogP contribution >= 0.6 is 0 Å². The molecule has 21 heavy (non-hydrogen) atoms. The Morgan fingerprint density at radius 2 is 1.52 bits per heavy atom. The highest BCUT2D eigenvalue weighted by atomic mass is 16.5. The van der Waals surface area contributed by atoms with Crippen molar-refractivity contribution in [3.8, 4) is 22.8 Å². The van der Waals surface area contributed by atoms with E-state index in [1.54, 1.807) is 0 Å². The SMILES string of the molecule is CCc1ccc(-c2noc(-c3ccc(CN)cc3)n2)cc1. The zero-order chi connectivity index (χ0) is 14.7. The molecule has 1 aromatic heterocycles. The topological polar surface area (TPSA) is 64.9 Å². The van der Waals surface area contributed by atoms with Gasteiger partial charge in [0.05, 0.1) is 0 Å². The van der Waals surface area contributed by atoms with Crippen LogP contribution in [-0.4, -0.2) is 10.1 Å². The number of benzene rings is 2. The molecule has 1 heterocycles. The van der Waals surface area contributed by atoms with Crippen molar-refractivity contribution in [1.29, 1.82) is 0 Å². The lowest BCUT2D eigenvalue weighted by Crippen LogP contribution is -1.95. The fraction of sp³-hybridized carbons (Fsp3) is 0.176. The van der Waals surface area contributed by atoms with Crippen molar-refractivity contribution in [1.82, 2.24) is 10.1 Å². The van der Waals surface area contributed by atoms with E-state index in [0.29, 0.717) is 18.3 Å². The number of nitrogens with two attached hydrogens (primary N) is 1. The summed E-state index contributed by atoms with van der Waals surface area (Å²) in [6.45, 7) is 2.66. The van der Waals surface area contributed by atoms with Crippen LogP contribution in [0.15, 0.2) is 53.1 Å². The predicted molar refractivity (Wildman–Crippen MR) is 82.4 cm³/mol. The standard InChI is InChI=1S/C17H17N3O/c1-2-12-3-7-14(8-4-12)16-19-17(21-20-16)15-9-5-13(11-18)6-10-15/h3-10H,2,11,18H2,1H3. The minimum absolute atomic E-state index is 0.521. The van der Waals surface area contributed by atoms with Gasteiger partial charge in [0.25, 0.3) is 5.89 Å². The molecule has 0 aliphatic heterocycles. The first-order valence-corrected chi connectivity index (χ1v) is 7.02. The normalized spacial score (nSPS) is 10.8. The third kappa shape index (κ3) is 2.85. The summed E-state index contributed by atoms with van der Waals surface area (Å²) in [7, 11) is 0. The van der Waals surface area contributed by atoms with E-state index >= 15 is 0 Å². The molecule has 0 aliphatic rings. The van der Waals surface area contributed by atoms with E-state index in [2.05, 4.69) is 29.2 Å². The molecule has 0 atom stereocenters. The van der Waals surface area contributed by atoms with Gasteiger partial charge in [-0.15, -0.1) is 0 Å². The number of aryl methyl sites for hydroxylation is 1. The second-order valence-electron chi connectivity index (χ2n) is 4.87. The second-order valence-corrected chi connectivity index (χ2v) is 4.87. The molecule has 0 radical (unpaired) electrons. The average Bonchev–Trinajstić information content (AvgIpc) is 3.05. The summed E-state index contributed by atoms with van der Waals surface area (Å²) in [6.07, 6.45) is 1.02. The van der Waals surface area contributed by atoms with E-state index in [1.165, 1.54) is 5.56 Å². The Morgan fingerprint density at radius 1 is 0.905 bits per heavy atom. The Balaban J connectivity index is 1.87. The molecule has 0 unspecified atom stereocenters. The fourth-order valence-corrected chi connectivity index (χ4v) is 2.13. The smallest absolute Gasteiger partial charge is 0.258 e. The minimum atomic E-state index is 0.521. The lowest BCUT2D eigenvalue weighted by atomic mass is 10.1. The number of nitrogens with zero attached hydrogens (tertiary/aromatic N) is 2. The number of hydrogen-bond acceptors (Lipinski definition) is 4. The summed E-state index contributed by atoms with van der Waals surface area (Å²) < 4.78 is 5.34. The Kier molecular flexibility index (Phi) is 3.79. The molecular formula is C17H17N3O. The maximum atomic E-state index is 5.59. The van der Waals surface area contributed by atoms with Gasteiger partial charge in [0.1, 0.15) is 0 Å². The van der Waals surface area contributed by atoms with Crippen molar-refractivity contribution in [3.63, 3.8) is 0 Å². The molecule has 3 aromatic rings. The lowest BCUT2D eigenvalue weighted by molar-refractivity contribution is 0.432. The summed E-state index contributed by atoms with van der Waals surface area (Å²) in [4.78, 5) is 4.45. The Bertz CT molecular complexity index is 653. The maximum absolute atomic E-state index is 5.59. The van der Waals surface area contributed by atoms with Gasteiger partial charge in [-0.1, -0.05) is 48.5 Å². The molecule has 106 valence electrons. The maximum Gasteiger partial charge on any atom is 0.258 e. The largest absolute Gasteiger partial charge is 0.334 e. The van der Waals surface area contributed by atoms with Crippen molar-refractivity contribution in [2.75, 3.05) is 0 Å². The highest BCUT2D eigenvalue weighted by Gasteiger charge is 2.10. The molecule has 0 fully saturated rings. The summed E-state index contributed by atoms with van der Waals surface area (Å²) in [5.74, 6) is 1.13. The van der Waals surface area contributed by atoms with Gasteiger partial charge in [-0.05, 0) is 29.7 Å². The van der Waals surface area contributed by atoms with Crippen molar-refractivity contribution >= 4 is 0 Å². The second kappa shape index (κ2) is 5.89. The van der Waals surface area contributed by atoms with Crippen molar-refractivity contribution in [2.45, 2.75) is 19.9 Å². The van der Waals surface area contributed by atoms with Gasteiger partial charge in [-0.3, -0.25) is 0 Å². The Labute approximate surface area is 123 Å². The van der Waals surface area contributed by atoms with Crippen LogP contribution in [0, 0.1) is 0 Å². The Morgan fingerprint density at radius 3 is 2.14 bits per heavy atom. The average molecular weight is 279 g/mol. The Hall–Kier alpha value is -2.46. The third-order valence-electron chi connectivity index (χ3n) is 3.48. The van der Waals surface area contributed by atoms with E-state index in [9.17, 15) is 0 Å². The van der Waals surface area contributed by atoms with Gasteiger partial charge in [0.2, 0.25) is 5.82 Å². The van der Waals surface area contributed by atoms with E-state index < -0.39 is 0 Å². The molecule has 4 nitrogen and oxygen atoms in total. The number of rotatable bonds is 4. The summed E-state index contributed by atoms with van der Waals surface area (Å²) in [5, 5.41) is 4.05. The highest BCUT2D eigenvalue weighted by molar-refractivity contribution is 5.60. The van der Waals surface area contributed by atoms with Crippen LogP contribution in [0.2, 0.25) is 0 Å². The molecule has 0 spiro atoms. The minimum Gasteiger partial charge on any atom is -0.334 e. The molecule has 0 saturated heterocycles. The third-order valence-corrected chi connectivity index (χ3v) is 3.48. The van der Waals surface area contributed by atoms with Crippen LogP contribution in [0.1, 0.15) is 18.1 Å². The number of aromatic nitrogens is 2. The van der Waals surface area contributed by atoms with E-state index in [0.717, 1.165) is 23.1 Å². The predicted octanol–water partition coefficient (Wildman–Crippen LogP) is 3.42. The van der Waals surface area contributed by atoms with Crippen LogP contribution in [0.3, 0.4) is 0 Å². The fourth-order valence-electron chi connectivity index (χ4n) is 2.13. The molecule has 2 aromatic carbocycles. The van der Waals surface area contributed by atoms with Crippen LogP contribution < -0.4 is 5.73 Å². The molecule has 0 aliphatic carbocycles. The van der Waals surface area contributed by atoms with Crippen molar-refractivity contribution in [3.05, 3.63) is 59.7 Å². The zero-order valence-electron chi connectivity index (χ0n) is 11.9. The molecule has 0 saturated carbocycles. The van der Waals surface area contributed by atoms with Gasteiger partial charge in [-0.2, -0.15) is 4.98 Å². The van der Waals surface area contributed by atoms with Crippen molar-refractivity contribution < 1.29 is 4.52 Å². The first kappa shape index (κ1) is 13.5. The number of hydrogen-bond donors (Lipinski definition) is 1. The van der Waals surface area contributed by atoms with Gasteiger partial charge >= 0.3 is 0 Å².